The molecule has 1 saturated heterocycles. The molecule has 1 amide bonds. The smallest absolute Gasteiger partial charge is 0.222 e. The monoisotopic (exact) mass is 226 g/mol. The van der Waals surface area contributed by atoms with Crippen LogP contribution in [0.15, 0.2) is 4.99 Å². The van der Waals surface area contributed by atoms with E-state index in [2.05, 4.69) is 4.99 Å². The molecule has 92 valence electrons. The van der Waals surface area contributed by atoms with E-state index in [1.807, 2.05) is 25.7 Å². The van der Waals surface area contributed by atoms with Gasteiger partial charge in [0, 0.05) is 13.1 Å². The SMILES string of the molecule is CC(C)(C)N=C(N)N1CCCC(C(N)=O)C1. The van der Waals surface area contributed by atoms with E-state index in [4.69, 9.17) is 11.5 Å². The average Bonchev–Trinajstić information content (AvgIpc) is 2.15. The van der Waals surface area contributed by atoms with E-state index < -0.39 is 0 Å². The maximum atomic E-state index is 11.1. The maximum Gasteiger partial charge on any atom is 0.222 e. The third-order valence-corrected chi connectivity index (χ3v) is 2.60. The third-order valence-electron chi connectivity index (χ3n) is 2.60. The summed E-state index contributed by atoms with van der Waals surface area (Å²) in [6.45, 7) is 7.44. The summed E-state index contributed by atoms with van der Waals surface area (Å²) in [5.41, 5.74) is 11.0. The lowest BCUT2D eigenvalue weighted by atomic mass is 9.98. The summed E-state index contributed by atoms with van der Waals surface area (Å²) < 4.78 is 0. The Hall–Kier alpha value is -1.26. The van der Waals surface area contributed by atoms with E-state index in [1.165, 1.54) is 0 Å². The van der Waals surface area contributed by atoms with Crippen LogP contribution >= 0.6 is 0 Å². The van der Waals surface area contributed by atoms with E-state index in [0.717, 1.165) is 19.4 Å². The van der Waals surface area contributed by atoms with Gasteiger partial charge in [-0.3, -0.25) is 4.79 Å². The van der Waals surface area contributed by atoms with Crippen LogP contribution in [-0.4, -0.2) is 35.4 Å². The molecule has 4 N–H and O–H groups in total. The first-order chi connectivity index (χ1) is 7.29. The molecule has 0 aliphatic carbocycles. The van der Waals surface area contributed by atoms with Crippen molar-refractivity contribution < 1.29 is 4.79 Å². The standard InChI is InChI=1S/C11H22N4O/c1-11(2,3)14-10(13)15-6-4-5-8(7-15)9(12)16/h8H,4-7H2,1-3H3,(H2,12,16)(H2,13,14). The molecule has 0 saturated carbocycles. The fraction of sp³-hybridized carbons (Fsp3) is 0.818. The predicted molar refractivity (Wildman–Crippen MR) is 64.9 cm³/mol. The molecule has 0 aromatic rings. The van der Waals surface area contributed by atoms with Gasteiger partial charge in [0.15, 0.2) is 5.96 Å². The van der Waals surface area contributed by atoms with Crippen molar-refractivity contribution in [3.05, 3.63) is 0 Å². The highest BCUT2D eigenvalue weighted by Gasteiger charge is 2.25. The molecular formula is C11H22N4O. The van der Waals surface area contributed by atoms with E-state index in [0.29, 0.717) is 12.5 Å². The largest absolute Gasteiger partial charge is 0.370 e. The van der Waals surface area contributed by atoms with Crippen molar-refractivity contribution in [3.63, 3.8) is 0 Å². The molecular weight excluding hydrogens is 204 g/mol. The molecule has 0 spiro atoms. The van der Waals surface area contributed by atoms with E-state index in [-0.39, 0.29) is 17.4 Å². The fourth-order valence-electron chi connectivity index (χ4n) is 1.83. The van der Waals surface area contributed by atoms with Crippen molar-refractivity contribution in [1.82, 2.24) is 4.90 Å². The highest BCUT2D eigenvalue weighted by atomic mass is 16.1. The van der Waals surface area contributed by atoms with Crippen molar-refractivity contribution in [1.29, 1.82) is 0 Å². The molecule has 0 radical (unpaired) electrons. The second-order valence-corrected chi connectivity index (χ2v) is 5.33. The summed E-state index contributed by atoms with van der Waals surface area (Å²) in [6.07, 6.45) is 1.79. The first kappa shape index (κ1) is 12.8. The van der Waals surface area contributed by atoms with Gasteiger partial charge in [-0.2, -0.15) is 0 Å². The number of aliphatic imine (C=N–C) groups is 1. The number of amides is 1. The summed E-state index contributed by atoms with van der Waals surface area (Å²) in [6, 6.07) is 0. The van der Waals surface area contributed by atoms with Crippen LogP contribution in [-0.2, 0) is 4.79 Å². The zero-order valence-corrected chi connectivity index (χ0v) is 10.4. The number of likely N-dealkylation sites (tertiary alicyclic amines) is 1. The van der Waals surface area contributed by atoms with Gasteiger partial charge in [-0.15, -0.1) is 0 Å². The number of rotatable bonds is 1. The minimum absolute atomic E-state index is 0.0949. The lowest BCUT2D eigenvalue weighted by Crippen LogP contribution is -2.47. The lowest BCUT2D eigenvalue weighted by Gasteiger charge is -2.33. The van der Waals surface area contributed by atoms with Crippen molar-refractivity contribution in [2.45, 2.75) is 39.2 Å². The summed E-state index contributed by atoms with van der Waals surface area (Å²) in [5, 5.41) is 0. The molecule has 1 fully saturated rings. The minimum atomic E-state index is -0.242. The number of piperidine rings is 1. The molecule has 1 aliphatic rings. The third kappa shape index (κ3) is 3.72. The molecule has 1 aliphatic heterocycles. The Morgan fingerprint density at radius 3 is 2.50 bits per heavy atom. The van der Waals surface area contributed by atoms with Crippen LogP contribution in [0.25, 0.3) is 0 Å². The Morgan fingerprint density at radius 2 is 2.00 bits per heavy atom. The normalized spacial score (nSPS) is 23.3. The van der Waals surface area contributed by atoms with Crippen LogP contribution in [0.4, 0.5) is 0 Å². The Morgan fingerprint density at radius 1 is 1.38 bits per heavy atom. The van der Waals surface area contributed by atoms with Gasteiger partial charge in [-0.1, -0.05) is 0 Å². The van der Waals surface area contributed by atoms with Crippen molar-refractivity contribution >= 4 is 11.9 Å². The van der Waals surface area contributed by atoms with Gasteiger partial charge in [0.2, 0.25) is 5.91 Å². The van der Waals surface area contributed by atoms with Gasteiger partial charge < -0.3 is 16.4 Å². The molecule has 1 atom stereocenters. The molecule has 0 aromatic carbocycles. The van der Waals surface area contributed by atoms with Gasteiger partial charge in [-0.05, 0) is 33.6 Å². The number of hydrogen-bond acceptors (Lipinski definition) is 2. The maximum absolute atomic E-state index is 11.1. The van der Waals surface area contributed by atoms with Crippen LogP contribution in [0.3, 0.4) is 0 Å². The number of nitrogens with zero attached hydrogens (tertiary/aromatic N) is 2. The van der Waals surface area contributed by atoms with Gasteiger partial charge in [0.05, 0.1) is 11.5 Å². The van der Waals surface area contributed by atoms with E-state index >= 15 is 0 Å². The first-order valence-corrected chi connectivity index (χ1v) is 5.69. The number of hydrogen-bond donors (Lipinski definition) is 2. The number of carbonyl (C=O) groups excluding carboxylic acids is 1. The summed E-state index contributed by atoms with van der Waals surface area (Å²) in [5.74, 6) is 0.175. The van der Waals surface area contributed by atoms with Gasteiger partial charge in [0.1, 0.15) is 0 Å². The van der Waals surface area contributed by atoms with Gasteiger partial charge >= 0.3 is 0 Å². The molecule has 0 aromatic heterocycles. The number of primary amides is 1. The highest BCUT2D eigenvalue weighted by molar-refractivity contribution is 5.81. The predicted octanol–water partition coefficient (Wildman–Crippen LogP) is 0.297. The molecule has 1 heterocycles. The molecule has 5 nitrogen and oxygen atoms in total. The second kappa shape index (κ2) is 4.72. The quantitative estimate of drug-likeness (QED) is 0.498. The molecule has 16 heavy (non-hydrogen) atoms. The second-order valence-electron chi connectivity index (χ2n) is 5.33. The molecule has 1 unspecified atom stereocenters. The average molecular weight is 226 g/mol. The lowest BCUT2D eigenvalue weighted by molar-refractivity contribution is -0.122. The van der Waals surface area contributed by atoms with Crippen LogP contribution in [0.2, 0.25) is 0 Å². The molecule has 0 bridgehead atoms. The number of carbonyl (C=O) groups is 1. The summed E-state index contributed by atoms with van der Waals surface area (Å²) >= 11 is 0. The van der Waals surface area contributed by atoms with Crippen LogP contribution < -0.4 is 11.5 Å². The van der Waals surface area contributed by atoms with Crippen LogP contribution in [0.1, 0.15) is 33.6 Å². The van der Waals surface area contributed by atoms with Gasteiger partial charge in [-0.25, -0.2) is 4.99 Å². The zero-order valence-electron chi connectivity index (χ0n) is 10.4. The van der Waals surface area contributed by atoms with Gasteiger partial charge in [0.25, 0.3) is 0 Å². The summed E-state index contributed by atoms with van der Waals surface area (Å²) in [7, 11) is 0. The highest BCUT2D eigenvalue weighted by Crippen LogP contribution is 2.16. The van der Waals surface area contributed by atoms with E-state index in [9.17, 15) is 4.79 Å². The van der Waals surface area contributed by atoms with Crippen LogP contribution in [0, 0.1) is 5.92 Å². The van der Waals surface area contributed by atoms with E-state index in [1.54, 1.807) is 0 Å². The Bertz CT molecular complexity index is 293. The topological polar surface area (TPSA) is 84.7 Å². The summed E-state index contributed by atoms with van der Waals surface area (Å²) in [4.78, 5) is 17.5. The Balaban J connectivity index is 2.67. The minimum Gasteiger partial charge on any atom is -0.370 e. The Kier molecular flexibility index (Phi) is 3.78. The molecule has 1 rings (SSSR count). The van der Waals surface area contributed by atoms with Crippen molar-refractivity contribution in [2.75, 3.05) is 13.1 Å². The zero-order chi connectivity index (χ0) is 12.3. The Labute approximate surface area is 96.9 Å². The van der Waals surface area contributed by atoms with Crippen molar-refractivity contribution in [3.8, 4) is 0 Å². The first-order valence-electron chi connectivity index (χ1n) is 5.69. The van der Waals surface area contributed by atoms with Crippen LogP contribution in [0.5, 0.6) is 0 Å². The number of guanidine groups is 1. The molecule has 5 heteroatoms. The van der Waals surface area contributed by atoms with Crippen molar-refractivity contribution in [2.24, 2.45) is 22.4 Å². The number of nitrogens with two attached hydrogens (primary N) is 2. The fourth-order valence-corrected chi connectivity index (χ4v) is 1.83.